The zero-order chi connectivity index (χ0) is 18.1. The molecule has 3 heterocycles. The van der Waals surface area contributed by atoms with Gasteiger partial charge in [-0.15, -0.1) is 0 Å². The summed E-state index contributed by atoms with van der Waals surface area (Å²) in [4.78, 5) is 29.5. The van der Waals surface area contributed by atoms with Crippen LogP contribution in [0.1, 0.15) is 48.0 Å². The van der Waals surface area contributed by atoms with Crippen LogP contribution in [0.15, 0.2) is 41.1 Å². The van der Waals surface area contributed by atoms with Gasteiger partial charge in [0.1, 0.15) is 0 Å². The van der Waals surface area contributed by atoms with Crippen molar-refractivity contribution in [1.29, 1.82) is 0 Å². The topological polar surface area (TPSA) is 40.6 Å². The smallest absolute Gasteiger partial charge is 0.254 e. The maximum Gasteiger partial charge on any atom is 0.254 e. The number of carbonyl (C=O) groups is 2. The van der Waals surface area contributed by atoms with Crippen LogP contribution in [0.25, 0.3) is 0 Å². The monoisotopic (exact) mass is 368 g/mol. The number of hydrogen-bond donors (Lipinski definition) is 0. The molecule has 2 aromatic rings. The first-order valence-electron chi connectivity index (χ1n) is 9.37. The molecule has 26 heavy (non-hydrogen) atoms. The van der Waals surface area contributed by atoms with Crippen molar-refractivity contribution in [2.75, 3.05) is 24.5 Å². The largest absolute Gasteiger partial charge is 0.339 e. The zero-order valence-corrected chi connectivity index (χ0v) is 15.9. The Kier molecular flexibility index (Phi) is 4.81. The number of hydrogen-bond acceptors (Lipinski definition) is 3. The number of likely N-dealkylation sites (tertiary alicyclic amines) is 1. The molecule has 0 spiro atoms. The lowest BCUT2D eigenvalue weighted by molar-refractivity contribution is -0.123. The minimum Gasteiger partial charge on any atom is -0.339 e. The Hall–Kier alpha value is -2.14. The summed E-state index contributed by atoms with van der Waals surface area (Å²) in [6, 6.07) is 10.1. The number of fused-ring (bicyclic) bond motifs is 1. The van der Waals surface area contributed by atoms with Crippen LogP contribution in [0.3, 0.4) is 0 Å². The molecule has 0 radical (unpaired) electrons. The molecule has 0 N–H and O–H groups in total. The lowest BCUT2D eigenvalue weighted by atomic mass is 9.89. The molecule has 1 aromatic carbocycles. The van der Waals surface area contributed by atoms with Crippen LogP contribution in [0, 0.1) is 5.92 Å². The van der Waals surface area contributed by atoms with Crippen molar-refractivity contribution in [3.8, 4) is 0 Å². The van der Waals surface area contributed by atoms with Crippen molar-refractivity contribution in [3.05, 3.63) is 52.2 Å². The maximum atomic E-state index is 13.2. The standard InChI is InChI=1S/C21H24N2O2S/c1-15-6-12-23(19-5-3-2-4-18(15)19)21(25)16-7-10-22(11-8-16)20(24)17-9-13-26-14-17/h2-5,9,13-16H,6-8,10-12H2,1H3. The summed E-state index contributed by atoms with van der Waals surface area (Å²) in [7, 11) is 0. The predicted molar refractivity (Wildman–Crippen MR) is 105 cm³/mol. The number of benzene rings is 1. The molecule has 2 amide bonds. The van der Waals surface area contributed by atoms with Crippen molar-refractivity contribution in [2.24, 2.45) is 5.92 Å². The average molecular weight is 369 g/mol. The highest BCUT2D eigenvalue weighted by Gasteiger charge is 2.33. The average Bonchev–Trinajstić information content (AvgIpc) is 3.22. The summed E-state index contributed by atoms with van der Waals surface area (Å²) in [6.45, 7) is 4.36. The van der Waals surface area contributed by atoms with Crippen LogP contribution in [-0.2, 0) is 4.79 Å². The highest BCUT2D eigenvalue weighted by molar-refractivity contribution is 7.08. The molecule has 1 atom stereocenters. The fourth-order valence-corrected chi connectivity index (χ4v) is 4.73. The molecule has 0 bridgehead atoms. The fraction of sp³-hybridized carbons (Fsp3) is 0.429. The molecule has 4 rings (SSSR count). The zero-order valence-electron chi connectivity index (χ0n) is 15.1. The van der Waals surface area contributed by atoms with Crippen LogP contribution >= 0.6 is 11.3 Å². The predicted octanol–water partition coefficient (Wildman–Crippen LogP) is 4.14. The highest BCUT2D eigenvalue weighted by atomic mass is 32.1. The number of carbonyl (C=O) groups excluding carboxylic acids is 2. The Labute approximate surface area is 158 Å². The molecule has 1 aromatic heterocycles. The summed E-state index contributed by atoms with van der Waals surface area (Å²) in [5.41, 5.74) is 3.11. The molecule has 2 aliphatic rings. The van der Waals surface area contributed by atoms with Gasteiger partial charge in [-0.1, -0.05) is 25.1 Å². The Balaban J connectivity index is 1.43. The molecule has 1 fully saturated rings. The Morgan fingerprint density at radius 3 is 2.54 bits per heavy atom. The van der Waals surface area contributed by atoms with Gasteiger partial charge in [-0.2, -0.15) is 11.3 Å². The second-order valence-corrected chi connectivity index (χ2v) is 8.10. The van der Waals surface area contributed by atoms with Gasteiger partial charge in [0.2, 0.25) is 5.91 Å². The van der Waals surface area contributed by atoms with E-state index in [4.69, 9.17) is 0 Å². The second kappa shape index (κ2) is 7.23. The molecule has 5 heteroatoms. The van der Waals surface area contributed by atoms with E-state index in [0.717, 1.165) is 37.1 Å². The first-order chi connectivity index (χ1) is 12.6. The minimum absolute atomic E-state index is 0.0167. The SMILES string of the molecule is CC1CCN(C(=O)C2CCN(C(=O)c3ccsc3)CC2)c2ccccc21. The van der Waals surface area contributed by atoms with Gasteiger partial charge in [0, 0.05) is 36.6 Å². The van der Waals surface area contributed by atoms with Crippen molar-refractivity contribution in [1.82, 2.24) is 4.90 Å². The lowest BCUT2D eigenvalue weighted by Crippen LogP contribution is -2.46. The van der Waals surface area contributed by atoms with E-state index >= 15 is 0 Å². The number of thiophene rings is 1. The number of nitrogens with zero attached hydrogens (tertiary/aromatic N) is 2. The number of rotatable bonds is 2. The highest BCUT2D eigenvalue weighted by Crippen LogP contribution is 2.36. The lowest BCUT2D eigenvalue weighted by Gasteiger charge is -2.37. The van der Waals surface area contributed by atoms with Crippen LogP contribution in [-0.4, -0.2) is 36.3 Å². The molecular weight excluding hydrogens is 344 g/mol. The van der Waals surface area contributed by atoms with E-state index < -0.39 is 0 Å². The number of anilines is 1. The van der Waals surface area contributed by atoms with Crippen LogP contribution in [0.5, 0.6) is 0 Å². The molecule has 1 unspecified atom stereocenters. The van der Waals surface area contributed by atoms with Gasteiger partial charge < -0.3 is 9.80 Å². The van der Waals surface area contributed by atoms with Gasteiger partial charge in [0.25, 0.3) is 5.91 Å². The summed E-state index contributed by atoms with van der Waals surface area (Å²) in [5.74, 6) is 0.838. The molecule has 2 aliphatic heterocycles. The molecule has 0 saturated carbocycles. The van der Waals surface area contributed by atoms with E-state index in [1.165, 1.54) is 5.56 Å². The van der Waals surface area contributed by atoms with Gasteiger partial charge >= 0.3 is 0 Å². The third-order valence-electron chi connectivity index (χ3n) is 5.71. The Morgan fingerprint density at radius 2 is 1.81 bits per heavy atom. The van der Waals surface area contributed by atoms with E-state index in [-0.39, 0.29) is 17.7 Å². The summed E-state index contributed by atoms with van der Waals surface area (Å²) >= 11 is 1.54. The molecule has 1 saturated heterocycles. The normalized spacial score (nSPS) is 20.7. The van der Waals surface area contributed by atoms with Crippen molar-refractivity contribution < 1.29 is 9.59 Å². The van der Waals surface area contributed by atoms with Crippen molar-refractivity contribution >= 4 is 28.8 Å². The first kappa shape index (κ1) is 17.3. The van der Waals surface area contributed by atoms with Gasteiger partial charge in [-0.3, -0.25) is 9.59 Å². The van der Waals surface area contributed by atoms with E-state index in [2.05, 4.69) is 25.1 Å². The van der Waals surface area contributed by atoms with E-state index in [1.54, 1.807) is 11.3 Å². The van der Waals surface area contributed by atoms with E-state index in [1.807, 2.05) is 32.7 Å². The quantitative estimate of drug-likeness (QED) is 0.799. The van der Waals surface area contributed by atoms with E-state index in [9.17, 15) is 9.59 Å². The molecule has 4 nitrogen and oxygen atoms in total. The Morgan fingerprint density at radius 1 is 1.04 bits per heavy atom. The molecular formula is C21H24N2O2S. The third-order valence-corrected chi connectivity index (χ3v) is 6.39. The molecule has 0 aliphatic carbocycles. The van der Waals surface area contributed by atoms with Gasteiger partial charge in [0.05, 0.1) is 5.56 Å². The van der Waals surface area contributed by atoms with Gasteiger partial charge in [-0.25, -0.2) is 0 Å². The first-order valence-corrected chi connectivity index (χ1v) is 10.3. The van der Waals surface area contributed by atoms with Crippen molar-refractivity contribution in [3.63, 3.8) is 0 Å². The van der Waals surface area contributed by atoms with Gasteiger partial charge in [-0.05, 0) is 48.3 Å². The Bertz CT molecular complexity index is 794. The summed E-state index contributed by atoms with van der Waals surface area (Å²) in [5, 5.41) is 3.82. The van der Waals surface area contributed by atoms with Crippen molar-refractivity contribution in [2.45, 2.75) is 32.1 Å². The van der Waals surface area contributed by atoms with Crippen LogP contribution in [0.4, 0.5) is 5.69 Å². The number of piperidine rings is 1. The summed E-state index contributed by atoms with van der Waals surface area (Å²) in [6.07, 6.45) is 2.52. The van der Waals surface area contributed by atoms with Crippen LogP contribution in [0.2, 0.25) is 0 Å². The van der Waals surface area contributed by atoms with Gasteiger partial charge in [0.15, 0.2) is 0 Å². The fourth-order valence-electron chi connectivity index (χ4n) is 4.10. The number of para-hydroxylation sites is 1. The second-order valence-electron chi connectivity index (χ2n) is 7.32. The number of amides is 2. The molecule has 136 valence electrons. The maximum absolute atomic E-state index is 13.2. The van der Waals surface area contributed by atoms with Crippen LogP contribution < -0.4 is 4.90 Å². The van der Waals surface area contributed by atoms with E-state index in [0.29, 0.717) is 19.0 Å². The minimum atomic E-state index is 0.0167. The summed E-state index contributed by atoms with van der Waals surface area (Å²) < 4.78 is 0. The third kappa shape index (κ3) is 3.16.